The summed E-state index contributed by atoms with van der Waals surface area (Å²) in [5.41, 5.74) is -0.943. The van der Waals surface area contributed by atoms with Crippen molar-refractivity contribution in [2.75, 3.05) is 19.8 Å². The van der Waals surface area contributed by atoms with Gasteiger partial charge >= 0.3 is 12.6 Å². The highest BCUT2D eigenvalue weighted by atomic mass is 19.3. The molecular formula is C15H17F2NO5. The van der Waals surface area contributed by atoms with Crippen LogP contribution in [-0.2, 0) is 9.53 Å². The number of carboxylic acid groups (broad SMARTS) is 1. The first-order valence-corrected chi connectivity index (χ1v) is 7.07. The molecule has 0 aliphatic carbocycles. The average molecular weight is 329 g/mol. The first-order chi connectivity index (χ1) is 10.9. The topological polar surface area (TPSA) is 84.9 Å². The SMILES string of the molecule is O=C(NCC1(C(=O)O)CCOCC1)c1cccc(OC(F)F)c1. The Labute approximate surface area is 131 Å². The predicted octanol–water partition coefficient (Wildman–Crippen LogP) is 1.90. The van der Waals surface area contributed by atoms with Crippen molar-refractivity contribution >= 4 is 11.9 Å². The first-order valence-electron chi connectivity index (χ1n) is 7.07. The highest BCUT2D eigenvalue weighted by molar-refractivity contribution is 5.94. The lowest BCUT2D eigenvalue weighted by Gasteiger charge is -2.33. The molecule has 2 rings (SSSR count). The molecule has 6 nitrogen and oxygen atoms in total. The lowest BCUT2D eigenvalue weighted by molar-refractivity contribution is -0.154. The first kappa shape index (κ1) is 17.1. The van der Waals surface area contributed by atoms with Crippen LogP contribution in [0.2, 0.25) is 0 Å². The number of hydrogen-bond donors (Lipinski definition) is 2. The summed E-state index contributed by atoms with van der Waals surface area (Å²) < 4.78 is 33.8. The smallest absolute Gasteiger partial charge is 0.387 e. The van der Waals surface area contributed by atoms with Crippen molar-refractivity contribution in [2.45, 2.75) is 19.5 Å². The van der Waals surface area contributed by atoms with Crippen LogP contribution in [0, 0.1) is 5.41 Å². The fourth-order valence-electron chi connectivity index (χ4n) is 2.39. The molecule has 1 aliphatic rings. The molecule has 1 aliphatic heterocycles. The predicted molar refractivity (Wildman–Crippen MR) is 75.5 cm³/mol. The second kappa shape index (κ2) is 7.36. The van der Waals surface area contributed by atoms with E-state index in [0.29, 0.717) is 26.1 Å². The van der Waals surface area contributed by atoms with E-state index in [-0.39, 0.29) is 17.9 Å². The molecule has 0 unspecified atom stereocenters. The molecule has 1 saturated heterocycles. The highest BCUT2D eigenvalue weighted by Gasteiger charge is 2.40. The molecule has 1 heterocycles. The van der Waals surface area contributed by atoms with E-state index in [4.69, 9.17) is 4.74 Å². The van der Waals surface area contributed by atoms with Crippen LogP contribution in [0.3, 0.4) is 0 Å². The minimum Gasteiger partial charge on any atom is -0.481 e. The molecule has 0 aromatic heterocycles. The van der Waals surface area contributed by atoms with E-state index in [2.05, 4.69) is 10.1 Å². The zero-order valence-corrected chi connectivity index (χ0v) is 12.3. The van der Waals surface area contributed by atoms with Gasteiger partial charge in [0.05, 0.1) is 5.41 Å². The Bertz CT molecular complexity index is 573. The number of carboxylic acids is 1. The van der Waals surface area contributed by atoms with Gasteiger partial charge in [-0.05, 0) is 31.0 Å². The Morgan fingerprint density at radius 2 is 2.04 bits per heavy atom. The summed E-state index contributed by atoms with van der Waals surface area (Å²) in [5, 5.41) is 12.0. The van der Waals surface area contributed by atoms with Crippen LogP contribution < -0.4 is 10.1 Å². The van der Waals surface area contributed by atoms with Crippen molar-refractivity contribution in [3.05, 3.63) is 29.8 Å². The monoisotopic (exact) mass is 329 g/mol. The van der Waals surface area contributed by atoms with Gasteiger partial charge in [0.25, 0.3) is 5.91 Å². The maximum Gasteiger partial charge on any atom is 0.387 e. The number of carbonyl (C=O) groups is 2. The van der Waals surface area contributed by atoms with Gasteiger partial charge in [-0.1, -0.05) is 6.07 Å². The third kappa shape index (κ3) is 4.38. The number of ether oxygens (including phenoxy) is 2. The average Bonchev–Trinajstić information content (AvgIpc) is 2.53. The number of benzene rings is 1. The van der Waals surface area contributed by atoms with Gasteiger partial charge < -0.3 is 19.9 Å². The van der Waals surface area contributed by atoms with Gasteiger partial charge in [0.2, 0.25) is 0 Å². The summed E-state index contributed by atoms with van der Waals surface area (Å²) in [7, 11) is 0. The largest absolute Gasteiger partial charge is 0.481 e. The molecule has 0 radical (unpaired) electrons. The maximum atomic E-state index is 12.2. The van der Waals surface area contributed by atoms with E-state index in [1.165, 1.54) is 24.3 Å². The van der Waals surface area contributed by atoms with E-state index in [1.54, 1.807) is 0 Å². The molecule has 1 amide bonds. The number of rotatable bonds is 6. The Kier molecular flexibility index (Phi) is 5.49. The molecule has 1 aromatic carbocycles. The van der Waals surface area contributed by atoms with Crippen molar-refractivity contribution in [3.8, 4) is 5.75 Å². The molecular weight excluding hydrogens is 312 g/mol. The van der Waals surface area contributed by atoms with Crippen LogP contribution in [0.1, 0.15) is 23.2 Å². The van der Waals surface area contributed by atoms with E-state index in [0.717, 1.165) is 0 Å². The van der Waals surface area contributed by atoms with Crippen LogP contribution in [0.5, 0.6) is 5.75 Å². The van der Waals surface area contributed by atoms with Gasteiger partial charge in [-0.25, -0.2) is 0 Å². The van der Waals surface area contributed by atoms with E-state index in [9.17, 15) is 23.5 Å². The quantitative estimate of drug-likeness (QED) is 0.833. The van der Waals surface area contributed by atoms with Gasteiger partial charge in [-0.15, -0.1) is 0 Å². The standard InChI is InChI=1S/C15H17F2NO5/c16-14(17)23-11-3-1-2-10(8-11)12(19)18-9-15(13(20)21)4-6-22-7-5-15/h1-3,8,14H,4-7,9H2,(H,18,19)(H,20,21). The van der Waals surface area contributed by atoms with Gasteiger partial charge in [0, 0.05) is 25.3 Å². The van der Waals surface area contributed by atoms with Crippen molar-refractivity contribution in [3.63, 3.8) is 0 Å². The number of nitrogens with one attached hydrogen (secondary N) is 1. The summed E-state index contributed by atoms with van der Waals surface area (Å²) in [6.07, 6.45) is 0.605. The number of aliphatic carboxylic acids is 1. The second-order valence-corrected chi connectivity index (χ2v) is 5.29. The summed E-state index contributed by atoms with van der Waals surface area (Å²) in [6.45, 7) is -2.39. The molecule has 23 heavy (non-hydrogen) atoms. The molecule has 2 N–H and O–H groups in total. The van der Waals surface area contributed by atoms with Crippen molar-refractivity contribution < 1.29 is 33.0 Å². The minimum atomic E-state index is -2.98. The number of alkyl halides is 2. The molecule has 0 saturated carbocycles. The summed E-state index contributed by atoms with van der Waals surface area (Å²) in [5.74, 6) is -1.67. The van der Waals surface area contributed by atoms with Crippen molar-refractivity contribution in [2.24, 2.45) is 5.41 Å². The van der Waals surface area contributed by atoms with Crippen LogP contribution in [0.25, 0.3) is 0 Å². The maximum absolute atomic E-state index is 12.2. The highest BCUT2D eigenvalue weighted by Crippen LogP contribution is 2.30. The zero-order chi connectivity index (χ0) is 16.9. The molecule has 0 atom stereocenters. The lowest BCUT2D eigenvalue weighted by atomic mass is 9.80. The Hall–Kier alpha value is -2.22. The van der Waals surface area contributed by atoms with Gasteiger partial charge in [0.15, 0.2) is 0 Å². The Morgan fingerprint density at radius 3 is 2.65 bits per heavy atom. The summed E-state index contributed by atoms with van der Waals surface area (Å²) in [4.78, 5) is 23.6. The van der Waals surface area contributed by atoms with Gasteiger partial charge in [0.1, 0.15) is 5.75 Å². The molecule has 8 heteroatoms. The molecule has 126 valence electrons. The Morgan fingerprint density at radius 1 is 1.35 bits per heavy atom. The van der Waals surface area contributed by atoms with Crippen LogP contribution >= 0.6 is 0 Å². The van der Waals surface area contributed by atoms with E-state index in [1.807, 2.05) is 0 Å². The number of halogens is 2. The fourth-order valence-corrected chi connectivity index (χ4v) is 2.39. The third-order valence-electron chi connectivity index (χ3n) is 3.81. The number of hydrogen-bond acceptors (Lipinski definition) is 4. The summed E-state index contributed by atoms with van der Waals surface area (Å²) >= 11 is 0. The molecule has 1 aromatic rings. The normalized spacial score (nSPS) is 16.8. The molecule has 1 fully saturated rings. The zero-order valence-electron chi connectivity index (χ0n) is 12.3. The van der Waals surface area contributed by atoms with Gasteiger partial charge in [-0.3, -0.25) is 9.59 Å². The second-order valence-electron chi connectivity index (χ2n) is 5.29. The van der Waals surface area contributed by atoms with Crippen LogP contribution in [0.15, 0.2) is 24.3 Å². The van der Waals surface area contributed by atoms with Crippen molar-refractivity contribution in [1.29, 1.82) is 0 Å². The number of carbonyl (C=O) groups excluding carboxylic acids is 1. The number of amides is 1. The van der Waals surface area contributed by atoms with Crippen molar-refractivity contribution in [1.82, 2.24) is 5.32 Å². The van der Waals surface area contributed by atoms with E-state index >= 15 is 0 Å². The summed E-state index contributed by atoms with van der Waals surface area (Å²) in [6, 6.07) is 5.33. The minimum absolute atomic E-state index is 0.0511. The molecule has 0 spiro atoms. The van der Waals surface area contributed by atoms with E-state index < -0.39 is 23.9 Å². The molecule has 0 bridgehead atoms. The third-order valence-corrected chi connectivity index (χ3v) is 3.81. The van der Waals surface area contributed by atoms with Crippen LogP contribution in [0.4, 0.5) is 8.78 Å². The lowest BCUT2D eigenvalue weighted by Crippen LogP contribution is -2.46. The Balaban J connectivity index is 2.02. The van der Waals surface area contributed by atoms with Crippen LogP contribution in [-0.4, -0.2) is 43.4 Å². The fraction of sp³-hybridized carbons (Fsp3) is 0.467. The van der Waals surface area contributed by atoms with Gasteiger partial charge in [-0.2, -0.15) is 8.78 Å².